The van der Waals surface area contributed by atoms with E-state index in [1.54, 1.807) is 13.8 Å². The minimum Gasteiger partial charge on any atom is -0.394 e. The fraction of sp³-hybridized carbons (Fsp3) is 0.688. The van der Waals surface area contributed by atoms with Gasteiger partial charge in [0, 0.05) is 6.42 Å². The van der Waals surface area contributed by atoms with Gasteiger partial charge in [-0.25, -0.2) is 15.0 Å². The molecule has 0 amide bonds. The summed E-state index contributed by atoms with van der Waals surface area (Å²) < 4.78 is 30.3. The summed E-state index contributed by atoms with van der Waals surface area (Å²) in [4.78, 5) is 12.7. The molecule has 1 aliphatic rings. The van der Waals surface area contributed by atoms with Crippen LogP contribution in [0.3, 0.4) is 0 Å². The van der Waals surface area contributed by atoms with E-state index in [-0.39, 0.29) is 19.4 Å². The van der Waals surface area contributed by atoms with Crippen molar-refractivity contribution in [2.45, 2.75) is 44.8 Å². The predicted octanol–water partition coefficient (Wildman–Crippen LogP) is 0.246. The number of aliphatic hydroxyl groups excluding tert-OH is 3. The molecule has 11 nitrogen and oxygen atoms in total. The Kier molecular flexibility index (Phi) is 6.77. The normalized spacial score (nSPS) is 25.6. The van der Waals surface area contributed by atoms with E-state index in [1.807, 2.05) is 0 Å². The molecule has 3 heterocycles. The van der Waals surface area contributed by atoms with E-state index in [0.29, 0.717) is 23.3 Å². The second-order valence-corrected chi connectivity index (χ2v) is 8.48. The number of imidazole rings is 1. The third-order valence-corrected chi connectivity index (χ3v) is 6.57. The number of hydrogen-bond donors (Lipinski definition) is 3. The Labute approximate surface area is 161 Å². The van der Waals surface area contributed by atoms with Crippen molar-refractivity contribution in [3.8, 4) is 0 Å². The number of aromatic nitrogens is 4. The fourth-order valence-electron chi connectivity index (χ4n) is 3.18. The largest absolute Gasteiger partial charge is 0.394 e. The van der Waals surface area contributed by atoms with Crippen molar-refractivity contribution < 1.29 is 33.7 Å². The highest BCUT2D eigenvalue weighted by atomic mass is 31.2. The van der Waals surface area contributed by atoms with E-state index >= 15 is 0 Å². The molecule has 0 aliphatic carbocycles. The molecular weight excluding hydrogens is 391 g/mol. The first-order valence-corrected chi connectivity index (χ1v) is 10.8. The highest BCUT2D eigenvalue weighted by Crippen LogP contribution is 2.48. The van der Waals surface area contributed by atoms with Crippen LogP contribution in [-0.4, -0.2) is 79.1 Å². The molecule has 1 aliphatic heterocycles. The molecule has 156 valence electrons. The number of fused-ring (bicyclic) bond motifs is 1. The smallest absolute Gasteiger partial charge is 0.331 e. The van der Waals surface area contributed by atoms with E-state index in [0.717, 1.165) is 0 Å². The standard InChI is InChI=1S/C16H25N4O7P/c1-3-25-28(24,26-4-2)6-5-10-12-15(18-8-17-10)20(9-19-12)16-14(23)13(22)11(7-21)27-16/h8-9,11,13-14,16,21-23H,3-7H2,1-2H3/t11-,13-,14-,16-/m1/s1. The van der Waals surface area contributed by atoms with Crippen LogP contribution < -0.4 is 0 Å². The molecule has 0 bridgehead atoms. The molecule has 0 saturated carbocycles. The van der Waals surface area contributed by atoms with Gasteiger partial charge in [-0.15, -0.1) is 0 Å². The Morgan fingerprint density at radius 1 is 1.18 bits per heavy atom. The summed E-state index contributed by atoms with van der Waals surface area (Å²) in [6.45, 7) is 3.62. The van der Waals surface area contributed by atoms with Crippen LogP contribution in [0, 0.1) is 0 Å². The highest BCUT2D eigenvalue weighted by Gasteiger charge is 2.44. The quantitative estimate of drug-likeness (QED) is 0.485. The van der Waals surface area contributed by atoms with Gasteiger partial charge in [0.05, 0.1) is 38.0 Å². The fourth-order valence-corrected chi connectivity index (χ4v) is 4.79. The van der Waals surface area contributed by atoms with E-state index in [1.165, 1.54) is 17.2 Å². The molecule has 3 N–H and O–H groups in total. The maximum absolute atomic E-state index is 12.7. The minimum absolute atomic E-state index is 0.140. The summed E-state index contributed by atoms with van der Waals surface area (Å²) in [6.07, 6.45) is -1.12. The van der Waals surface area contributed by atoms with Gasteiger partial charge in [0.1, 0.15) is 30.2 Å². The first-order chi connectivity index (χ1) is 13.4. The topological polar surface area (TPSA) is 149 Å². The lowest BCUT2D eigenvalue weighted by atomic mass is 10.1. The number of hydrogen-bond acceptors (Lipinski definition) is 10. The van der Waals surface area contributed by atoms with E-state index < -0.39 is 38.7 Å². The zero-order valence-corrected chi connectivity index (χ0v) is 16.6. The molecular formula is C16H25N4O7P. The average molecular weight is 416 g/mol. The molecule has 28 heavy (non-hydrogen) atoms. The monoisotopic (exact) mass is 416 g/mol. The summed E-state index contributed by atoms with van der Waals surface area (Å²) in [7, 11) is -3.23. The van der Waals surface area contributed by atoms with Crippen LogP contribution in [0.5, 0.6) is 0 Å². The SMILES string of the molecule is CCOP(=O)(CCc1ncnc2c1ncn2[C@@H]1O[C@H](CO)[C@@H](O)[C@H]1O)OCC. The molecule has 0 radical (unpaired) electrons. The Balaban J connectivity index is 1.85. The van der Waals surface area contributed by atoms with Gasteiger partial charge in [0.25, 0.3) is 0 Å². The molecule has 1 fully saturated rings. The Bertz CT molecular complexity index is 838. The van der Waals surface area contributed by atoms with Gasteiger partial charge in [0.2, 0.25) is 0 Å². The predicted molar refractivity (Wildman–Crippen MR) is 97.8 cm³/mol. The van der Waals surface area contributed by atoms with Crippen LogP contribution in [0.15, 0.2) is 12.7 Å². The summed E-state index contributed by atoms with van der Waals surface area (Å²) >= 11 is 0. The Hall–Kier alpha value is -1.46. The molecule has 4 atom stereocenters. The number of rotatable bonds is 9. The van der Waals surface area contributed by atoms with Gasteiger partial charge < -0.3 is 29.1 Å². The number of aliphatic hydroxyl groups is 3. The zero-order valence-electron chi connectivity index (χ0n) is 15.7. The van der Waals surface area contributed by atoms with Crippen LogP contribution >= 0.6 is 7.60 Å². The maximum Gasteiger partial charge on any atom is 0.331 e. The van der Waals surface area contributed by atoms with Gasteiger partial charge in [-0.05, 0) is 13.8 Å². The molecule has 2 aromatic rings. The minimum atomic E-state index is -3.23. The number of ether oxygens (including phenoxy) is 1. The van der Waals surface area contributed by atoms with Crippen molar-refractivity contribution in [3.63, 3.8) is 0 Å². The number of aryl methyl sites for hydroxylation is 1. The molecule has 1 saturated heterocycles. The van der Waals surface area contributed by atoms with Crippen LogP contribution in [0.4, 0.5) is 0 Å². The second-order valence-electron chi connectivity index (χ2n) is 6.29. The molecule has 0 aromatic carbocycles. The summed E-state index contributed by atoms with van der Waals surface area (Å²) in [5, 5.41) is 29.5. The first kappa shape index (κ1) is 21.3. The van der Waals surface area contributed by atoms with Crippen molar-refractivity contribution in [2.75, 3.05) is 26.0 Å². The molecule has 0 spiro atoms. The maximum atomic E-state index is 12.7. The third-order valence-electron chi connectivity index (χ3n) is 4.50. The van der Waals surface area contributed by atoms with E-state index in [4.69, 9.17) is 13.8 Å². The summed E-state index contributed by atoms with van der Waals surface area (Å²) in [6, 6.07) is 0. The van der Waals surface area contributed by atoms with E-state index in [2.05, 4.69) is 15.0 Å². The van der Waals surface area contributed by atoms with Crippen LogP contribution in [0.1, 0.15) is 25.8 Å². The van der Waals surface area contributed by atoms with Gasteiger partial charge in [-0.2, -0.15) is 0 Å². The zero-order chi connectivity index (χ0) is 20.3. The van der Waals surface area contributed by atoms with Crippen molar-refractivity contribution in [3.05, 3.63) is 18.3 Å². The van der Waals surface area contributed by atoms with Crippen molar-refractivity contribution in [1.82, 2.24) is 19.5 Å². The lowest BCUT2D eigenvalue weighted by molar-refractivity contribution is -0.0511. The Morgan fingerprint density at radius 3 is 2.50 bits per heavy atom. The Morgan fingerprint density at radius 2 is 1.89 bits per heavy atom. The van der Waals surface area contributed by atoms with Gasteiger partial charge >= 0.3 is 7.60 Å². The molecule has 0 unspecified atom stereocenters. The van der Waals surface area contributed by atoms with Crippen LogP contribution in [0.2, 0.25) is 0 Å². The molecule has 12 heteroatoms. The van der Waals surface area contributed by atoms with Gasteiger partial charge in [-0.1, -0.05) is 0 Å². The number of nitrogens with zero attached hydrogens (tertiary/aromatic N) is 4. The van der Waals surface area contributed by atoms with Crippen molar-refractivity contribution in [1.29, 1.82) is 0 Å². The van der Waals surface area contributed by atoms with Crippen LogP contribution in [-0.2, 0) is 24.8 Å². The second kappa shape index (κ2) is 8.91. The summed E-state index contributed by atoms with van der Waals surface area (Å²) in [5.41, 5.74) is 1.40. The third kappa shape index (κ3) is 4.11. The lowest BCUT2D eigenvalue weighted by Gasteiger charge is -2.17. The molecule has 2 aromatic heterocycles. The average Bonchev–Trinajstić information content (AvgIpc) is 3.22. The van der Waals surface area contributed by atoms with Crippen molar-refractivity contribution >= 4 is 18.8 Å². The lowest BCUT2D eigenvalue weighted by Crippen LogP contribution is -2.33. The summed E-state index contributed by atoms with van der Waals surface area (Å²) in [5.74, 6) is 0. The highest BCUT2D eigenvalue weighted by molar-refractivity contribution is 7.53. The first-order valence-electron chi connectivity index (χ1n) is 9.11. The van der Waals surface area contributed by atoms with Crippen molar-refractivity contribution in [2.24, 2.45) is 0 Å². The van der Waals surface area contributed by atoms with E-state index in [9.17, 15) is 19.9 Å². The van der Waals surface area contributed by atoms with Gasteiger partial charge in [-0.3, -0.25) is 9.13 Å². The van der Waals surface area contributed by atoms with Gasteiger partial charge in [0.15, 0.2) is 11.9 Å². The van der Waals surface area contributed by atoms with Crippen LogP contribution in [0.25, 0.3) is 11.2 Å². The molecule has 3 rings (SSSR count).